The Morgan fingerprint density at radius 3 is 2.56 bits per heavy atom. The summed E-state index contributed by atoms with van der Waals surface area (Å²) in [7, 11) is 0. The number of fused-ring (bicyclic) bond motifs is 2. The normalized spacial score (nSPS) is 11.1. The first-order valence-corrected chi connectivity index (χ1v) is 11.1. The van der Waals surface area contributed by atoms with Crippen LogP contribution in [0.2, 0.25) is 0 Å². The molecule has 0 aliphatic heterocycles. The third-order valence-electron chi connectivity index (χ3n) is 5.67. The van der Waals surface area contributed by atoms with E-state index in [-0.39, 0.29) is 18.0 Å². The lowest BCUT2D eigenvalue weighted by Crippen LogP contribution is -2.15. The predicted molar refractivity (Wildman–Crippen MR) is 130 cm³/mol. The van der Waals surface area contributed by atoms with E-state index in [1.165, 1.54) is 0 Å². The maximum Gasteiger partial charge on any atom is 0.261 e. The molecule has 4 aromatic carbocycles. The topological polar surface area (TPSA) is 76.2 Å². The van der Waals surface area contributed by atoms with Crippen molar-refractivity contribution in [3.8, 4) is 11.5 Å². The number of benzene rings is 4. The molecule has 182 valence electrons. The maximum absolute atomic E-state index is 13.9. The van der Waals surface area contributed by atoms with E-state index in [9.17, 15) is 18.0 Å². The van der Waals surface area contributed by atoms with E-state index in [1.54, 1.807) is 24.3 Å². The number of hydrogen-bond acceptors (Lipinski definition) is 4. The monoisotopic (exact) mass is 491 g/mol. The van der Waals surface area contributed by atoms with Crippen molar-refractivity contribution in [2.45, 2.75) is 13.5 Å². The second kappa shape index (κ2) is 9.61. The number of hydrogen-bond donors (Lipinski definition) is 2. The number of carbonyl (C=O) groups excluding carboxylic acids is 1. The van der Waals surface area contributed by atoms with Crippen LogP contribution in [0.4, 0.5) is 19.0 Å². The molecule has 0 bridgehead atoms. The van der Waals surface area contributed by atoms with Gasteiger partial charge < -0.3 is 14.8 Å². The van der Waals surface area contributed by atoms with Crippen LogP contribution in [0.1, 0.15) is 22.8 Å². The van der Waals surface area contributed by atoms with Gasteiger partial charge in [0.1, 0.15) is 23.9 Å². The van der Waals surface area contributed by atoms with E-state index in [4.69, 9.17) is 9.47 Å². The molecule has 36 heavy (non-hydrogen) atoms. The Kier molecular flexibility index (Phi) is 6.20. The molecule has 0 saturated heterocycles. The van der Waals surface area contributed by atoms with Crippen LogP contribution in [0.3, 0.4) is 0 Å². The van der Waals surface area contributed by atoms with Gasteiger partial charge in [0.05, 0.1) is 17.7 Å². The number of amides is 1. The van der Waals surface area contributed by atoms with Crippen LogP contribution in [-0.4, -0.2) is 22.7 Å². The summed E-state index contributed by atoms with van der Waals surface area (Å²) >= 11 is 0. The van der Waals surface area contributed by atoms with Crippen molar-refractivity contribution in [2.75, 3.05) is 11.9 Å². The zero-order valence-corrected chi connectivity index (χ0v) is 19.1. The molecule has 0 aliphatic carbocycles. The van der Waals surface area contributed by atoms with Crippen LogP contribution in [-0.2, 0) is 6.61 Å². The summed E-state index contributed by atoms with van der Waals surface area (Å²) in [4.78, 5) is 13.4. The molecule has 1 amide bonds. The zero-order valence-electron chi connectivity index (χ0n) is 19.1. The minimum absolute atomic E-state index is 0.130. The number of aromatic amines is 1. The molecular weight excluding hydrogens is 471 g/mol. The van der Waals surface area contributed by atoms with Gasteiger partial charge in [-0.3, -0.25) is 9.89 Å². The van der Waals surface area contributed by atoms with Gasteiger partial charge in [-0.05, 0) is 48.0 Å². The number of rotatable bonds is 7. The summed E-state index contributed by atoms with van der Waals surface area (Å²) < 4.78 is 51.9. The van der Waals surface area contributed by atoms with E-state index in [2.05, 4.69) is 15.5 Å². The second-order valence-corrected chi connectivity index (χ2v) is 7.97. The first kappa shape index (κ1) is 23.2. The molecule has 1 heterocycles. The summed E-state index contributed by atoms with van der Waals surface area (Å²) in [6, 6.07) is 17.3. The second-order valence-electron chi connectivity index (χ2n) is 7.97. The molecule has 0 aliphatic rings. The van der Waals surface area contributed by atoms with Gasteiger partial charge in [-0.15, -0.1) is 0 Å². The summed E-state index contributed by atoms with van der Waals surface area (Å²) in [5, 5.41) is 12.0. The van der Waals surface area contributed by atoms with Gasteiger partial charge in [-0.2, -0.15) is 5.10 Å². The Bertz CT molecular complexity index is 1600. The smallest absolute Gasteiger partial charge is 0.261 e. The third-order valence-corrected chi connectivity index (χ3v) is 5.67. The molecule has 0 unspecified atom stereocenters. The molecule has 0 fully saturated rings. The lowest BCUT2D eigenvalue weighted by atomic mass is 10.0. The minimum Gasteiger partial charge on any atom is -0.493 e. The zero-order chi connectivity index (χ0) is 25.2. The fourth-order valence-corrected chi connectivity index (χ4v) is 3.95. The molecule has 6 nitrogen and oxygen atoms in total. The van der Waals surface area contributed by atoms with Crippen molar-refractivity contribution in [1.82, 2.24) is 10.2 Å². The van der Waals surface area contributed by atoms with Gasteiger partial charge in [0.15, 0.2) is 17.5 Å². The third kappa shape index (κ3) is 4.43. The number of halogens is 3. The van der Waals surface area contributed by atoms with Crippen LogP contribution in [0.5, 0.6) is 11.5 Å². The maximum atomic E-state index is 13.9. The molecule has 5 rings (SSSR count). The minimum atomic E-state index is -1.27. The average molecular weight is 491 g/mol. The Morgan fingerprint density at radius 1 is 0.917 bits per heavy atom. The molecule has 9 heteroatoms. The highest BCUT2D eigenvalue weighted by molar-refractivity contribution is 6.16. The van der Waals surface area contributed by atoms with Gasteiger partial charge in [-0.1, -0.05) is 30.3 Å². The van der Waals surface area contributed by atoms with E-state index in [1.807, 2.05) is 37.3 Å². The average Bonchev–Trinajstić information content (AvgIpc) is 3.27. The van der Waals surface area contributed by atoms with Crippen molar-refractivity contribution < 1.29 is 27.4 Å². The molecular formula is C27H20F3N3O3. The highest BCUT2D eigenvalue weighted by Gasteiger charge is 2.19. The Morgan fingerprint density at radius 2 is 1.72 bits per heavy atom. The first-order chi connectivity index (χ1) is 17.4. The lowest BCUT2D eigenvalue weighted by Gasteiger charge is -2.13. The summed E-state index contributed by atoms with van der Waals surface area (Å²) in [5.41, 5.74) is 0.876. The molecule has 0 spiro atoms. The van der Waals surface area contributed by atoms with Crippen LogP contribution in [0.25, 0.3) is 21.7 Å². The molecule has 2 N–H and O–H groups in total. The summed E-state index contributed by atoms with van der Waals surface area (Å²) in [6.45, 7) is 1.91. The fourth-order valence-electron chi connectivity index (χ4n) is 3.95. The van der Waals surface area contributed by atoms with Gasteiger partial charge in [0, 0.05) is 17.0 Å². The quantitative estimate of drug-likeness (QED) is 0.260. The number of carbonyl (C=O) groups is 1. The van der Waals surface area contributed by atoms with E-state index >= 15 is 0 Å². The molecule has 5 aromatic rings. The number of aromatic nitrogens is 2. The van der Waals surface area contributed by atoms with E-state index < -0.39 is 23.4 Å². The van der Waals surface area contributed by atoms with Crippen LogP contribution in [0.15, 0.2) is 66.7 Å². The predicted octanol–water partition coefficient (Wildman–Crippen LogP) is 6.36. The Balaban J connectivity index is 1.43. The highest BCUT2D eigenvalue weighted by Crippen LogP contribution is 2.31. The molecule has 0 saturated carbocycles. The van der Waals surface area contributed by atoms with E-state index in [0.717, 1.165) is 16.8 Å². The number of nitrogens with one attached hydrogen (secondary N) is 2. The highest BCUT2D eigenvalue weighted by atomic mass is 19.2. The van der Waals surface area contributed by atoms with Gasteiger partial charge >= 0.3 is 0 Å². The van der Waals surface area contributed by atoms with Crippen molar-refractivity contribution >= 4 is 33.4 Å². The molecule has 0 atom stereocenters. The SMILES string of the molecule is CCOc1ccc2ccccc2c1C(=O)Nc1n[nH]c2ccc(OCc3cc(F)c(F)cc3F)cc12. The number of nitrogens with zero attached hydrogens (tertiary/aromatic N) is 1. The molecule has 1 aromatic heterocycles. The largest absolute Gasteiger partial charge is 0.493 e. The van der Waals surface area contributed by atoms with Crippen LogP contribution < -0.4 is 14.8 Å². The standard InChI is InChI=1S/C27H20F3N3O3/c1-2-35-24-10-7-15-5-3-4-6-18(15)25(24)27(34)31-26-19-12-17(8-9-23(19)32-33-26)36-14-16-11-21(29)22(30)13-20(16)28/h3-13H,2,14H2,1H3,(H2,31,32,33,34). The van der Waals surface area contributed by atoms with Crippen LogP contribution >= 0.6 is 0 Å². The number of anilines is 1. The fraction of sp³-hybridized carbons (Fsp3) is 0.111. The van der Waals surface area contributed by atoms with Gasteiger partial charge in [0.2, 0.25) is 0 Å². The van der Waals surface area contributed by atoms with Crippen molar-refractivity contribution in [3.05, 3.63) is 95.3 Å². The van der Waals surface area contributed by atoms with Crippen molar-refractivity contribution in [3.63, 3.8) is 0 Å². The number of H-pyrrole nitrogens is 1. The van der Waals surface area contributed by atoms with Crippen LogP contribution in [0, 0.1) is 17.5 Å². The summed E-state index contributed by atoms with van der Waals surface area (Å²) in [5.74, 6) is -2.71. The van der Waals surface area contributed by atoms with Crippen molar-refractivity contribution in [2.24, 2.45) is 0 Å². The molecule has 0 radical (unpaired) electrons. The van der Waals surface area contributed by atoms with Crippen molar-refractivity contribution in [1.29, 1.82) is 0 Å². The Hall–Kier alpha value is -4.53. The number of ether oxygens (including phenoxy) is 2. The summed E-state index contributed by atoms with van der Waals surface area (Å²) in [6.07, 6.45) is 0. The van der Waals surface area contributed by atoms with E-state index in [0.29, 0.717) is 40.6 Å². The van der Waals surface area contributed by atoms with Gasteiger partial charge in [0.25, 0.3) is 5.91 Å². The van der Waals surface area contributed by atoms with Gasteiger partial charge in [-0.25, -0.2) is 13.2 Å². The lowest BCUT2D eigenvalue weighted by molar-refractivity contribution is 0.102. The first-order valence-electron chi connectivity index (χ1n) is 11.1. The Labute approximate surface area is 203 Å².